The number of halogens is 2. The molecular weight excluding hydrogens is 641 g/mol. The molecule has 1 atom stereocenters. The smallest absolute Gasteiger partial charge is 0.264 e. The van der Waals surface area contributed by atoms with E-state index in [9.17, 15) is 18.0 Å². The lowest BCUT2D eigenvalue weighted by atomic mass is 10.0. The summed E-state index contributed by atoms with van der Waals surface area (Å²) in [5.74, 6) is -0.681. The molecule has 0 aromatic heterocycles. The van der Waals surface area contributed by atoms with Gasteiger partial charge in [-0.2, -0.15) is 0 Å². The van der Waals surface area contributed by atoms with Crippen LogP contribution in [0.4, 0.5) is 5.69 Å². The van der Waals surface area contributed by atoms with Crippen LogP contribution < -0.4 is 9.62 Å². The molecule has 0 spiro atoms. The minimum Gasteiger partial charge on any atom is -0.352 e. The fourth-order valence-electron chi connectivity index (χ4n) is 5.04. The van der Waals surface area contributed by atoms with Crippen molar-refractivity contribution in [3.63, 3.8) is 0 Å². The topological polar surface area (TPSA) is 86.8 Å². The van der Waals surface area contributed by atoms with Gasteiger partial charge in [-0.3, -0.25) is 13.9 Å². The highest BCUT2D eigenvalue weighted by atomic mass is 35.5. The molecule has 4 aromatic rings. The lowest BCUT2D eigenvalue weighted by molar-refractivity contribution is -0.140. The normalized spacial score (nSPS) is 12.2. The van der Waals surface area contributed by atoms with Crippen LogP contribution in [-0.2, 0) is 32.6 Å². The maximum absolute atomic E-state index is 14.5. The number of hydrogen-bond donors (Lipinski definition) is 1. The zero-order valence-corrected chi connectivity index (χ0v) is 28.7. The van der Waals surface area contributed by atoms with Crippen LogP contribution in [0.15, 0.2) is 108 Å². The van der Waals surface area contributed by atoms with Gasteiger partial charge in [0.1, 0.15) is 12.6 Å². The third kappa shape index (κ3) is 8.90. The van der Waals surface area contributed by atoms with Crippen molar-refractivity contribution in [2.24, 2.45) is 0 Å². The number of carbonyl (C=O) groups is 2. The van der Waals surface area contributed by atoms with Crippen LogP contribution in [-0.4, -0.2) is 43.8 Å². The second-order valence-corrected chi connectivity index (χ2v) is 14.4. The van der Waals surface area contributed by atoms with Crippen LogP contribution in [0.3, 0.4) is 0 Å². The average molecular weight is 681 g/mol. The molecule has 0 aliphatic carbocycles. The van der Waals surface area contributed by atoms with Crippen LogP contribution in [0.25, 0.3) is 0 Å². The Morgan fingerprint density at radius 2 is 1.37 bits per heavy atom. The van der Waals surface area contributed by atoms with Crippen molar-refractivity contribution in [2.45, 2.75) is 63.6 Å². The quantitative estimate of drug-likeness (QED) is 0.159. The summed E-state index contributed by atoms with van der Waals surface area (Å²) in [6.07, 6.45) is 0.209. The Balaban J connectivity index is 1.82. The Labute approximate surface area is 282 Å². The van der Waals surface area contributed by atoms with Crippen LogP contribution in [0.5, 0.6) is 0 Å². The first-order valence-electron chi connectivity index (χ1n) is 15.1. The molecule has 0 unspecified atom stereocenters. The van der Waals surface area contributed by atoms with E-state index >= 15 is 0 Å². The Hall–Kier alpha value is -3.85. The lowest BCUT2D eigenvalue weighted by Gasteiger charge is -2.34. The number of anilines is 1. The molecule has 1 N–H and O–H groups in total. The first-order valence-corrected chi connectivity index (χ1v) is 17.3. The standard InChI is InChI=1S/C36H39Cl2N3O4S/c1-25(2)29-16-18-30(19-17-29)41(46(44,45)31-13-9-6-10-14-31)24-35(42)40(23-28-15-20-32(37)33(38)21-28)34(36(43)39-26(3)4)22-27-11-7-5-8-12-27/h5-21,25-26,34H,22-24H2,1-4H3,(H,39,43)/t34-/m1/s1. The Morgan fingerprint density at radius 3 is 1.93 bits per heavy atom. The highest BCUT2D eigenvalue weighted by Crippen LogP contribution is 2.28. The van der Waals surface area contributed by atoms with Crippen LogP contribution in [0.2, 0.25) is 10.0 Å². The summed E-state index contributed by atoms with van der Waals surface area (Å²) in [5, 5.41) is 3.61. The second-order valence-electron chi connectivity index (χ2n) is 11.7. The third-order valence-electron chi connectivity index (χ3n) is 7.50. The van der Waals surface area contributed by atoms with E-state index in [1.807, 2.05) is 70.2 Å². The molecular formula is C36H39Cl2N3O4S. The fraction of sp³-hybridized carbons (Fsp3) is 0.278. The van der Waals surface area contributed by atoms with Crippen molar-refractivity contribution in [3.05, 3.63) is 130 Å². The molecule has 0 fully saturated rings. The molecule has 0 aliphatic rings. The maximum atomic E-state index is 14.5. The van der Waals surface area contributed by atoms with E-state index in [0.717, 1.165) is 15.4 Å². The third-order valence-corrected chi connectivity index (χ3v) is 10.0. The van der Waals surface area contributed by atoms with E-state index in [4.69, 9.17) is 23.2 Å². The molecule has 7 nitrogen and oxygen atoms in total. The van der Waals surface area contributed by atoms with Gasteiger partial charge in [0, 0.05) is 19.0 Å². The number of hydrogen-bond acceptors (Lipinski definition) is 4. The average Bonchev–Trinajstić information content (AvgIpc) is 3.03. The molecule has 46 heavy (non-hydrogen) atoms. The second kappa shape index (κ2) is 15.6. The van der Waals surface area contributed by atoms with Crippen LogP contribution in [0.1, 0.15) is 50.3 Å². The molecule has 242 valence electrons. The van der Waals surface area contributed by atoms with Gasteiger partial charge >= 0.3 is 0 Å². The minimum atomic E-state index is -4.18. The number of benzene rings is 4. The fourth-order valence-corrected chi connectivity index (χ4v) is 6.80. The van der Waals surface area contributed by atoms with Gasteiger partial charge in [0.15, 0.2) is 0 Å². The van der Waals surface area contributed by atoms with Crippen molar-refractivity contribution in [1.29, 1.82) is 0 Å². The number of sulfonamides is 1. The maximum Gasteiger partial charge on any atom is 0.264 e. The number of nitrogens with one attached hydrogen (secondary N) is 1. The number of rotatable bonds is 13. The molecule has 0 heterocycles. The van der Waals surface area contributed by atoms with Gasteiger partial charge in [-0.15, -0.1) is 0 Å². The van der Waals surface area contributed by atoms with Crippen molar-refractivity contribution >= 4 is 50.7 Å². The van der Waals surface area contributed by atoms with Gasteiger partial charge < -0.3 is 10.2 Å². The number of amides is 2. The van der Waals surface area contributed by atoms with E-state index in [1.54, 1.807) is 48.5 Å². The predicted octanol–water partition coefficient (Wildman–Crippen LogP) is 7.48. The zero-order chi connectivity index (χ0) is 33.4. The summed E-state index contributed by atoms with van der Waals surface area (Å²) in [4.78, 5) is 29.8. The van der Waals surface area contributed by atoms with E-state index < -0.39 is 28.5 Å². The highest BCUT2D eigenvalue weighted by Gasteiger charge is 2.35. The molecule has 10 heteroatoms. The van der Waals surface area contributed by atoms with E-state index in [2.05, 4.69) is 5.32 Å². The largest absolute Gasteiger partial charge is 0.352 e. The minimum absolute atomic E-state index is 0.00967. The van der Waals surface area contributed by atoms with E-state index in [1.165, 1.54) is 17.0 Å². The summed E-state index contributed by atoms with van der Waals surface area (Å²) in [5.41, 5.74) is 2.84. The van der Waals surface area contributed by atoms with Crippen molar-refractivity contribution < 1.29 is 18.0 Å². The Morgan fingerprint density at radius 1 is 0.761 bits per heavy atom. The summed E-state index contributed by atoms with van der Waals surface area (Å²) in [6, 6.07) is 28.4. The first kappa shape index (κ1) is 35.0. The molecule has 4 aromatic carbocycles. The molecule has 0 aliphatic heterocycles. The summed E-state index contributed by atoms with van der Waals surface area (Å²) in [6.45, 7) is 7.24. The van der Waals surface area contributed by atoms with Crippen LogP contribution in [0, 0.1) is 0 Å². The molecule has 2 amide bonds. The first-order chi connectivity index (χ1) is 21.9. The summed E-state index contributed by atoms with van der Waals surface area (Å²) < 4.78 is 29.4. The molecule has 0 saturated carbocycles. The van der Waals surface area contributed by atoms with Gasteiger partial charge in [-0.05, 0) is 72.9 Å². The van der Waals surface area contributed by atoms with Gasteiger partial charge in [0.25, 0.3) is 10.0 Å². The SMILES string of the molecule is CC(C)NC(=O)[C@@H](Cc1ccccc1)N(Cc1ccc(Cl)c(Cl)c1)C(=O)CN(c1ccc(C(C)C)cc1)S(=O)(=O)c1ccccc1. The van der Waals surface area contributed by atoms with Crippen molar-refractivity contribution in [1.82, 2.24) is 10.2 Å². The Bertz CT molecular complexity index is 1730. The van der Waals surface area contributed by atoms with Crippen LogP contribution >= 0.6 is 23.2 Å². The number of carbonyl (C=O) groups excluding carboxylic acids is 2. The van der Waals surface area contributed by atoms with Crippen molar-refractivity contribution in [3.8, 4) is 0 Å². The predicted molar refractivity (Wildman–Crippen MR) is 186 cm³/mol. The van der Waals surface area contributed by atoms with E-state index in [-0.39, 0.29) is 35.7 Å². The summed E-state index contributed by atoms with van der Waals surface area (Å²) in [7, 11) is -4.18. The molecule has 0 bridgehead atoms. The van der Waals surface area contributed by atoms with Gasteiger partial charge in [0.05, 0.1) is 20.6 Å². The Kier molecular flexibility index (Phi) is 11.9. The molecule has 0 saturated heterocycles. The monoisotopic (exact) mass is 679 g/mol. The lowest BCUT2D eigenvalue weighted by Crippen LogP contribution is -2.54. The van der Waals surface area contributed by atoms with Crippen molar-refractivity contribution in [2.75, 3.05) is 10.8 Å². The number of nitrogens with zero attached hydrogens (tertiary/aromatic N) is 2. The molecule has 4 rings (SSSR count). The van der Waals surface area contributed by atoms with Gasteiger partial charge in [-0.25, -0.2) is 8.42 Å². The van der Waals surface area contributed by atoms with Gasteiger partial charge in [-0.1, -0.05) is 104 Å². The summed E-state index contributed by atoms with van der Waals surface area (Å²) >= 11 is 12.5. The van der Waals surface area contributed by atoms with Gasteiger partial charge in [0.2, 0.25) is 11.8 Å². The highest BCUT2D eigenvalue weighted by molar-refractivity contribution is 7.92. The molecule has 0 radical (unpaired) electrons. The van der Waals surface area contributed by atoms with E-state index in [0.29, 0.717) is 21.3 Å². The zero-order valence-electron chi connectivity index (χ0n) is 26.4.